The number of carbonyl (C=O) groups is 1. The number of amides is 1. The molecule has 0 aliphatic carbocycles. The monoisotopic (exact) mass is 329 g/mol. The molecule has 0 radical (unpaired) electrons. The third-order valence-corrected chi connectivity index (χ3v) is 3.45. The molecule has 19 heavy (non-hydrogen) atoms. The van der Waals surface area contributed by atoms with Crippen LogP contribution in [0.1, 0.15) is 22.8 Å². The molecule has 1 aromatic carbocycles. The third-order valence-electron chi connectivity index (χ3n) is 2.71. The van der Waals surface area contributed by atoms with Crippen molar-refractivity contribution in [3.05, 3.63) is 33.8 Å². The van der Waals surface area contributed by atoms with Gasteiger partial charge in [-0.2, -0.15) is 0 Å². The highest BCUT2D eigenvalue weighted by atomic mass is 79.9. The summed E-state index contributed by atoms with van der Waals surface area (Å²) in [6.45, 7) is 5.10. The molecule has 0 aliphatic heterocycles. The maximum atomic E-state index is 11.4. The van der Waals surface area contributed by atoms with Gasteiger partial charge in [0.2, 0.25) is 0 Å². The Hall–Kier alpha value is -0.950. The van der Waals surface area contributed by atoms with E-state index in [1.807, 2.05) is 20.0 Å². The fourth-order valence-electron chi connectivity index (χ4n) is 1.63. The van der Waals surface area contributed by atoms with Crippen LogP contribution in [0.2, 0.25) is 0 Å². The Balaban J connectivity index is 2.61. The number of hydrogen-bond donors (Lipinski definition) is 2. The van der Waals surface area contributed by atoms with E-state index in [0.29, 0.717) is 5.56 Å². The van der Waals surface area contributed by atoms with Crippen molar-refractivity contribution in [3.8, 4) is 0 Å². The fraction of sp³-hybridized carbons (Fsp3) is 0.462. The van der Waals surface area contributed by atoms with Crippen molar-refractivity contribution in [1.29, 1.82) is 0 Å². The van der Waals surface area contributed by atoms with Crippen molar-refractivity contribution in [1.82, 2.24) is 10.3 Å². The van der Waals surface area contributed by atoms with Gasteiger partial charge < -0.3 is 4.74 Å². The number of benzene rings is 1. The number of nitrogens with two attached hydrogens (primary N) is 1. The number of hydrogen-bond acceptors (Lipinski definition) is 4. The minimum Gasteiger partial charge on any atom is -0.380 e. The molecule has 106 valence electrons. The van der Waals surface area contributed by atoms with E-state index in [4.69, 9.17) is 10.6 Å². The van der Waals surface area contributed by atoms with E-state index in [2.05, 4.69) is 26.3 Å². The average Bonchev–Trinajstić information content (AvgIpc) is 2.40. The predicted molar refractivity (Wildman–Crippen MR) is 78.6 cm³/mol. The predicted octanol–water partition coefficient (Wildman–Crippen LogP) is 1.52. The number of rotatable bonds is 7. The lowest BCUT2D eigenvalue weighted by Crippen LogP contribution is -2.30. The van der Waals surface area contributed by atoms with Crippen LogP contribution in [0.25, 0.3) is 0 Å². The van der Waals surface area contributed by atoms with Crippen LogP contribution in [-0.2, 0) is 11.3 Å². The Morgan fingerprint density at radius 3 is 2.84 bits per heavy atom. The molecular formula is C13H20BrN3O2. The van der Waals surface area contributed by atoms with Crippen LogP contribution in [0, 0.1) is 0 Å². The van der Waals surface area contributed by atoms with Crippen molar-refractivity contribution in [3.63, 3.8) is 0 Å². The zero-order valence-electron chi connectivity index (χ0n) is 11.3. The van der Waals surface area contributed by atoms with Gasteiger partial charge in [0.15, 0.2) is 0 Å². The van der Waals surface area contributed by atoms with Gasteiger partial charge in [-0.1, -0.05) is 22.0 Å². The van der Waals surface area contributed by atoms with E-state index >= 15 is 0 Å². The molecule has 0 fully saturated rings. The van der Waals surface area contributed by atoms with Crippen LogP contribution in [-0.4, -0.2) is 37.6 Å². The highest BCUT2D eigenvalue weighted by molar-refractivity contribution is 9.10. The van der Waals surface area contributed by atoms with Crippen LogP contribution in [0.4, 0.5) is 0 Å². The average molecular weight is 330 g/mol. The molecule has 0 aliphatic rings. The van der Waals surface area contributed by atoms with E-state index in [-0.39, 0.29) is 5.91 Å². The molecular weight excluding hydrogens is 310 g/mol. The summed E-state index contributed by atoms with van der Waals surface area (Å²) in [6, 6.07) is 5.46. The number of nitrogens with one attached hydrogen (secondary N) is 1. The van der Waals surface area contributed by atoms with Crippen LogP contribution >= 0.6 is 15.9 Å². The molecule has 0 saturated heterocycles. The SMILES string of the molecule is CCOCCN(C)Cc1ccc(C(=O)NN)cc1Br. The highest BCUT2D eigenvalue weighted by Crippen LogP contribution is 2.20. The molecule has 1 rings (SSSR count). The summed E-state index contributed by atoms with van der Waals surface area (Å²) in [7, 11) is 2.03. The normalized spacial score (nSPS) is 10.8. The van der Waals surface area contributed by atoms with Crippen molar-refractivity contribution in [2.24, 2.45) is 5.84 Å². The summed E-state index contributed by atoms with van der Waals surface area (Å²) in [6.07, 6.45) is 0. The Labute approximate surface area is 122 Å². The standard InChI is InChI=1S/C13H20BrN3O2/c1-3-19-7-6-17(2)9-11-5-4-10(8-12(11)14)13(18)16-15/h4-5,8H,3,6-7,9,15H2,1-2H3,(H,16,18). The van der Waals surface area contributed by atoms with E-state index in [9.17, 15) is 4.79 Å². The summed E-state index contributed by atoms with van der Waals surface area (Å²) in [5.41, 5.74) is 3.77. The number of likely N-dealkylation sites (N-methyl/N-ethyl adjacent to an activating group) is 1. The molecule has 0 unspecified atom stereocenters. The number of nitrogens with zero attached hydrogens (tertiary/aromatic N) is 1. The summed E-state index contributed by atoms with van der Waals surface area (Å²) >= 11 is 3.48. The molecule has 0 heterocycles. The number of nitrogen functional groups attached to an aromatic ring is 1. The molecule has 0 atom stereocenters. The van der Waals surface area contributed by atoms with E-state index < -0.39 is 0 Å². The minimum absolute atomic E-state index is 0.294. The van der Waals surface area contributed by atoms with Crippen LogP contribution in [0.3, 0.4) is 0 Å². The van der Waals surface area contributed by atoms with Gasteiger partial charge in [-0.25, -0.2) is 5.84 Å². The van der Waals surface area contributed by atoms with Crippen LogP contribution in [0.5, 0.6) is 0 Å². The maximum absolute atomic E-state index is 11.4. The highest BCUT2D eigenvalue weighted by Gasteiger charge is 2.08. The number of halogens is 1. The van der Waals surface area contributed by atoms with Gasteiger partial charge in [0.05, 0.1) is 6.61 Å². The lowest BCUT2D eigenvalue weighted by atomic mass is 10.1. The number of ether oxygens (including phenoxy) is 1. The smallest absolute Gasteiger partial charge is 0.265 e. The van der Waals surface area contributed by atoms with Crippen LogP contribution < -0.4 is 11.3 Å². The summed E-state index contributed by atoms with van der Waals surface area (Å²) in [4.78, 5) is 13.6. The Morgan fingerprint density at radius 2 is 2.26 bits per heavy atom. The topological polar surface area (TPSA) is 67.6 Å². The molecule has 1 amide bonds. The summed E-state index contributed by atoms with van der Waals surface area (Å²) in [5, 5.41) is 0. The van der Waals surface area contributed by atoms with E-state index in [1.165, 1.54) is 0 Å². The van der Waals surface area contributed by atoms with Crippen LogP contribution in [0.15, 0.2) is 22.7 Å². The molecule has 1 aromatic rings. The second kappa shape index (κ2) is 8.27. The molecule has 5 nitrogen and oxygen atoms in total. The fourth-order valence-corrected chi connectivity index (χ4v) is 2.14. The van der Waals surface area contributed by atoms with E-state index in [0.717, 1.165) is 36.3 Å². The first kappa shape index (κ1) is 16.1. The quantitative estimate of drug-likeness (QED) is 0.344. The van der Waals surface area contributed by atoms with Crippen molar-refractivity contribution in [2.75, 3.05) is 26.8 Å². The first-order valence-electron chi connectivity index (χ1n) is 6.14. The van der Waals surface area contributed by atoms with Gasteiger partial charge in [-0.05, 0) is 31.7 Å². The van der Waals surface area contributed by atoms with Crippen molar-refractivity contribution >= 4 is 21.8 Å². The van der Waals surface area contributed by atoms with Gasteiger partial charge in [-0.15, -0.1) is 0 Å². The molecule has 0 spiro atoms. The Bertz CT molecular complexity index is 426. The minimum atomic E-state index is -0.294. The van der Waals surface area contributed by atoms with Crippen molar-refractivity contribution < 1.29 is 9.53 Å². The van der Waals surface area contributed by atoms with Gasteiger partial charge >= 0.3 is 0 Å². The Morgan fingerprint density at radius 1 is 1.53 bits per heavy atom. The zero-order valence-corrected chi connectivity index (χ0v) is 12.9. The first-order chi connectivity index (χ1) is 9.08. The largest absolute Gasteiger partial charge is 0.380 e. The Kier molecular flexibility index (Phi) is 7.01. The summed E-state index contributed by atoms with van der Waals surface area (Å²) < 4.78 is 6.22. The van der Waals surface area contributed by atoms with Gasteiger partial charge in [-0.3, -0.25) is 15.1 Å². The lowest BCUT2D eigenvalue weighted by Gasteiger charge is -2.17. The van der Waals surface area contributed by atoms with Gasteiger partial charge in [0.1, 0.15) is 0 Å². The molecule has 0 aromatic heterocycles. The molecule has 6 heteroatoms. The lowest BCUT2D eigenvalue weighted by molar-refractivity contribution is 0.0953. The van der Waals surface area contributed by atoms with Gasteiger partial charge in [0, 0.05) is 29.7 Å². The molecule has 3 N–H and O–H groups in total. The second-order valence-electron chi connectivity index (χ2n) is 4.21. The molecule has 0 saturated carbocycles. The van der Waals surface area contributed by atoms with Gasteiger partial charge in [0.25, 0.3) is 5.91 Å². The first-order valence-corrected chi connectivity index (χ1v) is 6.93. The van der Waals surface area contributed by atoms with Crippen molar-refractivity contribution in [2.45, 2.75) is 13.5 Å². The summed E-state index contributed by atoms with van der Waals surface area (Å²) in [5.74, 6) is 4.81. The zero-order chi connectivity index (χ0) is 14.3. The number of hydrazine groups is 1. The third kappa shape index (κ3) is 5.28. The van der Waals surface area contributed by atoms with E-state index in [1.54, 1.807) is 12.1 Å². The second-order valence-corrected chi connectivity index (χ2v) is 5.07. The maximum Gasteiger partial charge on any atom is 0.265 e. The molecule has 0 bridgehead atoms. The number of carbonyl (C=O) groups excluding carboxylic acids is 1.